The molecule has 0 saturated carbocycles. The van der Waals surface area contributed by atoms with Crippen LogP contribution in [0, 0.1) is 5.41 Å². The van der Waals surface area contributed by atoms with Crippen molar-refractivity contribution in [3.63, 3.8) is 0 Å². The van der Waals surface area contributed by atoms with Gasteiger partial charge in [0.05, 0.1) is 7.11 Å². The van der Waals surface area contributed by atoms with Crippen LogP contribution in [0.4, 0.5) is 13.6 Å². The molecular weight excluding hydrogens is 284 g/mol. The lowest BCUT2D eigenvalue weighted by atomic mass is 9.77. The van der Waals surface area contributed by atoms with Crippen molar-refractivity contribution in [1.29, 1.82) is 0 Å². The minimum Gasteiger partial charge on any atom is -0.468 e. The summed E-state index contributed by atoms with van der Waals surface area (Å²) in [5.74, 6) is -1.33. The van der Waals surface area contributed by atoms with Crippen LogP contribution in [-0.2, 0) is 14.3 Å². The first-order valence-corrected chi connectivity index (χ1v) is 6.37. The van der Waals surface area contributed by atoms with Gasteiger partial charge in [0.25, 0.3) is 6.08 Å². The largest absolute Gasteiger partial charge is 0.468 e. The topological polar surface area (TPSA) is 55.8 Å². The molecule has 1 aliphatic heterocycles. The fourth-order valence-corrected chi connectivity index (χ4v) is 2.02. The highest BCUT2D eigenvalue weighted by Crippen LogP contribution is 2.39. The first-order chi connectivity index (χ1) is 10.8. The van der Waals surface area contributed by atoms with Crippen molar-refractivity contribution >= 4 is 12.1 Å². The lowest BCUT2D eigenvalue weighted by Crippen LogP contribution is -2.51. The van der Waals surface area contributed by atoms with Gasteiger partial charge in [-0.25, -0.2) is 4.79 Å². The summed E-state index contributed by atoms with van der Waals surface area (Å²) in [7, 11) is 0.913. The Hall–Kier alpha value is -1.66. The standard InChI is InChI=1S/C14H21F2NO4/c1-13(2,3)21-12(19)17-7-6-9(10(15)16)14(4,8-17)11(18)20-5/h6-8H2,1-5H3/i4D3. The third-order valence-corrected chi connectivity index (χ3v) is 2.99. The number of esters is 1. The molecule has 1 rings (SSSR count). The minimum absolute atomic E-state index is 0.184. The van der Waals surface area contributed by atoms with Gasteiger partial charge in [0.1, 0.15) is 11.0 Å². The summed E-state index contributed by atoms with van der Waals surface area (Å²) >= 11 is 0. The number of nitrogens with zero attached hydrogens (tertiary/aromatic N) is 1. The number of carbonyl (C=O) groups is 2. The lowest BCUT2D eigenvalue weighted by molar-refractivity contribution is -0.151. The number of methoxy groups -OCH3 is 1. The SMILES string of the molecule is [2H]C([2H])([2H])C1(C(=O)OC)CN(C(=O)OC(C)(C)C)CCC1=C(F)F. The van der Waals surface area contributed by atoms with Crippen LogP contribution in [0.2, 0.25) is 0 Å². The van der Waals surface area contributed by atoms with Crippen LogP contribution in [-0.4, -0.2) is 42.8 Å². The highest BCUT2D eigenvalue weighted by Gasteiger charge is 2.47. The van der Waals surface area contributed by atoms with Gasteiger partial charge in [-0.3, -0.25) is 4.79 Å². The normalized spacial score (nSPS) is 25.5. The van der Waals surface area contributed by atoms with Crippen molar-refractivity contribution in [2.75, 3.05) is 20.2 Å². The molecule has 1 unspecified atom stereocenters. The molecule has 1 atom stereocenters. The third kappa shape index (κ3) is 3.92. The Bertz CT molecular complexity index is 553. The molecule has 1 saturated heterocycles. The van der Waals surface area contributed by atoms with E-state index in [1.165, 1.54) is 0 Å². The Balaban J connectivity index is 3.36. The Morgan fingerprint density at radius 2 is 2.00 bits per heavy atom. The van der Waals surface area contributed by atoms with Gasteiger partial charge < -0.3 is 14.4 Å². The molecule has 21 heavy (non-hydrogen) atoms. The lowest BCUT2D eigenvalue weighted by Gasteiger charge is -2.40. The second-order valence-corrected chi connectivity index (χ2v) is 5.79. The molecule has 7 heteroatoms. The van der Waals surface area contributed by atoms with Crippen LogP contribution >= 0.6 is 0 Å². The number of carbonyl (C=O) groups excluding carboxylic acids is 2. The average Bonchev–Trinajstić information content (AvgIpc) is 2.42. The maximum atomic E-state index is 13.3. The van der Waals surface area contributed by atoms with Crippen molar-refractivity contribution in [2.24, 2.45) is 5.41 Å². The molecule has 1 amide bonds. The molecule has 0 aromatic rings. The van der Waals surface area contributed by atoms with E-state index in [-0.39, 0.29) is 6.54 Å². The quantitative estimate of drug-likeness (QED) is 0.699. The summed E-state index contributed by atoms with van der Waals surface area (Å²) in [6.07, 6.45) is -3.59. The number of hydrogen-bond donors (Lipinski definition) is 0. The average molecular weight is 308 g/mol. The number of hydrogen-bond acceptors (Lipinski definition) is 4. The Morgan fingerprint density at radius 1 is 1.38 bits per heavy atom. The molecule has 1 heterocycles. The molecule has 120 valence electrons. The molecule has 1 fully saturated rings. The van der Waals surface area contributed by atoms with Crippen LogP contribution in [0.5, 0.6) is 0 Å². The number of likely N-dealkylation sites (tertiary alicyclic amines) is 1. The summed E-state index contributed by atoms with van der Waals surface area (Å²) < 4.78 is 59.2. The molecule has 0 bridgehead atoms. The van der Waals surface area contributed by atoms with E-state index in [9.17, 15) is 18.4 Å². The van der Waals surface area contributed by atoms with Gasteiger partial charge in [0.15, 0.2) is 0 Å². The van der Waals surface area contributed by atoms with Crippen molar-refractivity contribution in [3.8, 4) is 0 Å². The maximum Gasteiger partial charge on any atom is 0.410 e. The van der Waals surface area contributed by atoms with Gasteiger partial charge in [-0.2, -0.15) is 8.78 Å². The minimum atomic E-state index is -3.13. The molecule has 1 aliphatic rings. The van der Waals surface area contributed by atoms with E-state index in [4.69, 9.17) is 8.85 Å². The highest BCUT2D eigenvalue weighted by atomic mass is 19.3. The summed E-state index contributed by atoms with van der Waals surface area (Å²) in [6, 6.07) is 0. The third-order valence-electron chi connectivity index (χ3n) is 2.99. The predicted molar refractivity (Wildman–Crippen MR) is 71.8 cm³/mol. The van der Waals surface area contributed by atoms with E-state index in [0.717, 1.165) is 12.0 Å². The Kier molecular flexibility index (Phi) is 3.72. The summed E-state index contributed by atoms with van der Waals surface area (Å²) in [5.41, 5.74) is -4.29. The predicted octanol–water partition coefficient (Wildman–Crippen LogP) is 2.96. The number of ether oxygens (including phenoxy) is 2. The van der Waals surface area contributed by atoms with Crippen molar-refractivity contribution < 1.29 is 32.0 Å². The zero-order chi connectivity index (χ0) is 18.9. The van der Waals surface area contributed by atoms with Gasteiger partial charge in [-0.05, 0) is 34.0 Å². The first-order valence-electron chi connectivity index (χ1n) is 7.87. The maximum absolute atomic E-state index is 13.3. The second kappa shape index (κ2) is 5.99. The molecule has 0 aromatic heterocycles. The fourth-order valence-electron chi connectivity index (χ4n) is 2.02. The molecule has 0 spiro atoms. The summed E-state index contributed by atoms with van der Waals surface area (Å²) in [4.78, 5) is 25.3. The first kappa shape index (κ1) is 13.0. The Morgan fingerprint density at radius 3 is 2.43 bits per heavy atom. The van der Waals surface area contributed by atoms with Crippen LogP contribution in [0.1, 0.15) is 38.2 Å². The molecule has 0 radical (unpaired) electrons. The molecule has 0 aromatic carbocycles. The molecule has 0 N–H and O–H groups in total. The van der Waals surface area contributed by atoms with Crippen molar-refractivity contribution in [3.05, 3.63) is 11.7 Å². The Labute approximate surface area is 127 Å². The zero-order valence-corrected chi connectivity index (χ0v) is 12.5. The van der Waals surface area contributed by atoms with E-state index in [1.807, 2.05) is 0 Å². The molecule has 0 aliphatic carbocycles. The van der Waals surface area contributed by atoms with E-state index >= 15 is 0 Å². The van der Waals surface area contributed by atoms with E-state index < -0.39 is 54.5 Å². The van der Waals surface area contributed by atoms with E-state index in [1.54, 1.807) is 20.8 Å². The monoisotopic (exact) mass is 308 g/mol. The molecule has 5 nitrogen and oxygen atoms in total. The van der Waals surface area contributed by atoms with Gasteiger partial charge in [-0.1, -0.05) is 0 Å². The van der Waals surface area contributed by atoms with Gasteiger partial charge >= 0.3 is 12.1 Å². The smallest absolute Gasteiger partial charge is 0.410 e. The van der Waals surface area contributed by atoms with Crippen LogP contribution in [0.25, 0.3) is 0 Å². The molecular formula is C14H21F2NO4. The van der Waals surface area contributed by atoms with Crippen LogP contribution in [0.3, 0.4) is 0 Å². The highest BCUT2D eigenvalue weighted by molar-refractivity contribution is 5.82. The number of halogens is 2. The van der Waals surface area contributed by atoms with E-state index in [0.29, 0.717) is 0 Å². The van der Waals surface area contributed by atoms with Crippen molar-refractivity contribution in [1.82, 2.24) is 4.90 Å². The second-order valence-electron chi connectivity index (χ2n) is 5.79. The number of piperidine rings is 1. The van der Waals surface area contributed by atoms with Gasteiger partial charge in [0.2, 0.25) is 0 Å². The van der Waals surface area contributed by atoms with Crippen LogP contribution < -0.4 is 0 Å². The zero-order valence-electron chi connectivity index (χ0n) is 15.5. The van der Waals surface area contributed by atoms with Crippen LogP contribution in [0.15, 0.2) is 11.7 Å². The fraction of sp³-hybridized carbons (Fsp3) is 0.714. The van der Waals surface area contributed by atoms with Gasteiger partial charge in [0, 0.05) is 22.8 Å². The van der Waals surface area contributed by atoms with Gasteiger partial charge in [-0.15, -0.1) is 0 Å². The number of amides is 1. The van der Waals surface area contributed by atoms with E-state index in [2.05, 4.69) is 4.74 Å². The summed E-state index contributed by atoms with van der Waals surface area (Å²) in [6.45, 7) is 0.754. The van der Waals surface area contributed by atoms with Crippen molar-refractivity contribution in [2.45, 2.75) is 39.6 Å². The summed E-state index contributed by atoms with van der Waals surface area (Å²) in [5, 5.41) is 0. The number of rotatable bonds is 1.